The Morgan fingerprint density at radius 3 is 2.21 bits per heavy atom. The molecule has 7 nitrogen and oxygen atoms in total. The van der Waals surface area contributed by atoms with E-state index in [1.54, 1.807) is 6.08 Å². The summed E-state index contributed by atoms with van der Waals surface area (Å²) in [5.41, 5.74) is 11.7. The van der Waals surface area contributed by atoms with Gasteiger partial charge in [-0.25, -0.2) is 0 Å². The molecule has 0 aromatic carbocycles. The van der Waals surface area contributed by atoms with Crippen molar-refractivity contribution in [1.29, 1.82) is 0 Å². The zero-order valence-corrected chi connectivity index (χ0v) is 21.4. The summed E-state index contributed by atoms with van der Waals surface area (Å²) in [7, 11) is 0. The van der Waals surface area contributed by atoms with Crippen molar-refractivity contribution < 1.29 is 9.59 Å². The molecule has 5 N–H and O–H groups in total. The number of guanidine groups is 1. The van der Waals surface area contributed by atoms with Gasteiger partial charge in [0, 0.05) is 38.7 Å². The van der Waals surface area contributed by atoms with Crippen LogP contribution >= 0.6 is 0 Å². The summed E-state index contributed by atoms with van der Waals surface area (Å²) >= 11 is 0. The first-order chi connectivity index (χ1) is 15.9. The molecule has 0 fully saturated rings. The van der Waals surface area contributed by atoms with Crippen LogP contribution in [-0.2, 0) is 9.59 Å². The van der Waals surface area contributed by atoms with E-state index in [2.05, 4.69) is 29.4 Å². The summed E-state index contributed by atoms with van der Waals surface area (Å²) in [6.07, 6.45) is 18.3. The zero-order chi connectivity index (χ0) is 24.7. The highest BCUT2D eigenvalue weighted by Crippen LogP contribution is 2.08. The van der Waals surface area contributed by atoms with Gasteiger partial charge >= 0.3 is 0 Å². The van der Waals surface area contributed by atoms with Gasteiger partial charge in [0.2, 0.25) is 11.8 Å². The Morgan fingerprint density at radius 1 is 0.879 bits per heavy atom. The maximum atomic E-state index is 12.8. The molecule has 0 saturated heterocycles. The smallest absolute Gasteiger partial charge is 0.243 e. The van der Waals surface area contributed by atoms with Crippen LogP contribution in [0.5, 0.6) is 0 Å². The highest BCUT2D eigenvalue weighted by Gasteiger charge is 2.12. The standard InChI is InChI=1S/C26H49N5O2/c1-4-5-6-7-8-9-10-11-13-17-25(33)31(20-15-12-14-18-30-26(27)28)21-16-19-29-24(32)22-23(2)3/h9-10,22H,4-8,11-21H2,1-3H3,(H,29,32)(H4,27,28,30). The summed E-state index contributed by atoms with van der Waals surface area (Å²) in [6, 6.07) is 0. The Hall–Kier alpha value is -2.31. The van der Waals surface area contributed by atoms with Crippen LogP contribution in [0.4, 0.5) is 0 Å². The molecule has 0 unspecified atom stereocenters. The molecule has 7 heteroatoms. The number of nitrogens with zero attached hydrogens (tertiary/aromatic N) is 2. The van der Waals surface area contributed by atoms with Crippen LogP contribution in [0, 0.1) is 0 Å². The van der Waals surface area contributed by atoms with Crippen LogP contribution < -0.4 is 16.8 Å². The number of nitrogens with two attached hydrogens (primary N) is 2. The number of carbonyl (C=O) groups is 2. The second-order valence-electron chi connectivity index (χ2n) is 8.83. The topological polar surface area (TPSA) is 114 Å². The first-order valence-electron chi connectivity index (χ1n) is 12.8. The molecule has 0 saturated carbocycles. The van der Waals surface area contributed by atoms with E-state index in [-0.39, 0.29) is 17.8 Å². The fourth-order valence-corrected chi connectivity index (χ4v) is 3.41. The Kier molecular flexibility index (Phi) is 20.0. The second-order valence-corrected chi connectivity index (χ2v) is 8.83. The Balaban J connectivity index is 4.34. The first kappa shape index (κ1) is 30.7. The fourth-order valence-electron chi connectivity index (χ4n) is 3.41. The molecular weight excluding hydrogens is 414 g/mol. The molecule has 0 radical (unpaired) electrons. The van der Waals surface area contributed by atoms with Crippen molar-refractivity contribution >= 4 is 17.8 Å². The average Bonchev–Trinajstić information content (AvgIpc) is 2.75. The molecule has 0 rings (SSSR count). The van der Waals surface area contributed by atoms with Crippen LogP contribution in [0.1, 0.15) is 97.8 Å². The van der Waals surface area contributed by atoms with Crippen LogP contribution in [0.3, 0.4) is 0 Å². The van der Waals surface area contributed by atoms with Crippen molar-refractivity contribution in [1.82, 2.24) is 10.2 Å². The third-order valence-corrected chi connectivity index (χ3v) is 5.21. The Labute approximate surface area is 202 Å². The van der Waals surface area contributed by atoms with Gasteiger partial charge in [0.05, 0.1) is 0 Å². The van der Waals surface area contributed by atoms with Gasteiger partial charge in [-0.1, -0.05) is 43.9 Å². The van der Waals surface area contributed by atoms with Gasteiger partial charge < -0.3 is 21.7 Å². The van der Waals surface area contributed by atoms with Crippen molar-refractivity contribution in [2.45, 2.75) is 97.8 Å². The molecule has 33 heavy (non-hydrogen) atoms. The predicted octanol–water partition coefficient (Wildman–Crippen LogP) is 4.43. The van der Waals surface area contributed by atoms with Crippen LogP contribution in [0.25, 0.3) is 0 Å². The largest absolute Gasteiger partial charge is 0.370 e. The molecule has 0 aromatic rings. The normalized spacial score (nSPS) is 10.8. The van der Waals surface area contributed by atoms with Crippen LogP contribution in [-0.4, -0.2) is 48.9 Å². The van der Waals surface area contributed by atoms with E-state index >= 15 is 0 Å². The van der Waals surface area contributed by atoms with Gasteiger partial charge in [0.15, 0.2) is 5.96 Å². The molecular formula is C26H49N5O2. The summed E-state index contributed by atoms with van der Waals surface area (Å²) in [5.74, 6) is 0.247. The third-order valence-electron chi connectivity index (χ3n) is 5.21. The summed E-state index contributed by atoms with van der Waals surface area (Å²) < 4.78 is 0. The van der Waals surface area contributed by atoms with Crippen LogP contribution in [0.15, 0.2) is 28.8 Å². The lowest BCUT2D eigenvalue weighted by molar-refractivity contribution is -0.131. The van der Waals surface area contributed by atoms with Gasteiger partial charge in [0.1, 0.15) is 0 Å². The molecule has 0 aliphatic carbocycles. The molecule has 0 bridgehead atoms. The average molecular weight is 464 g/mol. The number of aliphatic imine (C=N–C) groups is 1. The highest BCUT2D eigenvalue weighted by molar-refractivity contribution is 5.87. The number of hydrogen-bond acceptors (Lipinski definition) is 3. The first-order valence-corrected chi connectivity index (χ1v) is 12.8. The third kappa shape index (κ3) is 21.3. The number of amides is 2. The van der Waals surface area contributed by atoms with Crippen molar-refractivity contribution in [2.24, 2.45) is 16.5 Å². The highest BCUT2D eigenvalue weighted by atomic mass is 16.2. The number of rotatable bonds is 20. The van der Waals surface area contributed by atoms with Gasteiger partial charge in [0.25, 0.3) is 0 Å². The lowest BCUT2D eigenvalue weighted by Gasteiger charge is -2.23. The zero-order valence-electron chi connectivity index (χ0n) is 21.4. The van der Waals surface area contributed by atoms with Crippen molar-refractivity contribution in [3.05, 3.63) is 23.8 Å². The second kappa shape index (κ2) is 21.5. The summed E-state index contributed by atoms with van der Waals surface area (Å²) in [6.45, 7) is 8.60. The minimum atomic E-state index is -0.0749. The monoisotopic (exact) mass is 463 g/mol. The minimum Gasteiger partial charge on any atom is -0.370 e. The minimum absolute atomic E-state index is 0.0749. The lowest BCUT2D eigenvalue weighted by Crippen LogP contribution is -2.35. The molecule has 0 heterocycles. The predicted molar refractivity (Wildman–Crippen MR) is 140 cm³/mol. The maximum Gasteiger partial charge on any atom is 0.243 e. The quantitative estimate of drug-likeness (QED) is 0.0814. The van der Waals surface area contributed by atoms with Gasteiger partial charge in [-0.3, -0.25) is 14.6 Å². The SMILES string of the molecule is CCCCCCC=CCCCC(=O)N(CCCCCN=C(N)N)CCCNC(=O)C=C(C)C. The van der Waals surface area contributed by atoms with E-state index in [0.29, 0.717) is 26.1 Å². The Morgan fingerprint density at radius 2 is 1.55 bits per heavy atom. The Bertz CT molecular complexity index is 606. The number of allylic oxidation sites excluding steroid dienone is 3. The molecule has 2 amide bonds. The van der Waals surface area contributed by atoms with E-state index in [1.807, 2.05) is 18.7 Å². The van der Waals surface area contributed by atoms with Crippen molar-refractivity contribution in [2.75, 3.05) is 26.2 Å². The molecule has 0 spiro atoms. The van der Waals surface area contributed by atoms with Gasteiger partial charge in [-0.15, -0.1) is 0 Å². The van der Waals surface area contributed by atoms with E-state index in [4.69, 9.17) is 11.5 Å². The molecule has 0 aromatic heterocycles. The number of nitrogens with one attached hydrogen (secondary N) is 1. The summed E-state index contributed by atoms with van der Waals surface area (Å²) in [4.78, 5) is 30.5. The molecule has 0 aliphatic heterocycles. The number of unbranched alkanes of at least 4 members (excludes halogenated alkanes) is 7. The summed E-state index contributed by atoms with van der Waals surface area (Å²) in [5, 5.41) is 2.89. The van der Waals surface area contributed by atoms with E-state index < -0.39 is 0 Å². The number of carbonyl (C=O) groups excluding carboxylic acids is 2. The maximum absolute atomic E-state index is 12.8. The van der Waals surface area contributed by atoms with Crippen molar-refractivity contribution in [3.8, 4) is 0 Å². The van der Waals surface area contributed by atoms with Gasteiger partial charge in [-0.2, -0.15) is 0 Å². The van der Waals surface area contributed by atoms with Crippen LogP contribution in [0.2, 0.25) is 0 Å². The number of hydrogen-bond donors (Lipinski definition) is 3. The van der Waals surface area contributed by atoms with Gasteiger partial charge in [-0.05, 0) is 65.2 Å². The van der Waals surface area contributed by atoms with E-state index in [1.165, 1.54) is 25.7 Å². The fraction of sp³-hybridized carbons (Fsp3) is 0.731. The van der Waals surface area contributed by atoms with E-state index in [9.17, 15) is 9.59 Å². The van der Waals surface area contributed by atoms with Crippen molar-refractivity contribution in [3.63, 3.8) is 0 Å². The molecule has 190 valence electrons. The molecule has 0 atom stereocenters. The lowest BCUT2D eigenvalue weighted by atomic mass is 10.1. The molecule has 0 aliphatic rings. The van der Waals surface area contributed by atoms with E-state index in [0.717, 1.165) is 57.1 Å².